The number of benzene rings is 1. The Morgan fingerprint density at radius 3 is 2.30 bits per heavy atom. The van der Waals surface area contributed by atoms with Crippen LogP contribution in [0.25, 0.3) is 0 Å². The normalized spacial score (nSPS) is 45.6. The molecule has 11 aliphatic carbocycles. The van der Waals surface area contributed by atoms with Crippen molar-refractivity contribution < 1.29 is 0 Å². The number of hydrogen-bond acceptors (Lipinski definition) is 4. The number of anilines is 1. The molecule has 19 atom stereocenters. The minimum Gasteiger partial charge on any atom is -0.341 e. The summed E-state index contributed by atoms with van der Waals surface area (Å²) in [5.74, 6) is 7.66. The van der Waals surface area contributed by atoms with E-state index in [2.05, 4.69) is 193 Å². The third kappa shape index (κ3) is 6.41. The van der Waals surface area contributed by atoms with Gasteiger partial charge in [0.05, 0.1) is 6.04 Å². The lowest BCUT2D eigenvalue weighted by atomic mass is 9.57. The van der Waals surface area contributed by atoms with Crippen molar-refractivity contribution in [2.75, 3.05) is 4.90 Å². The maximum Gasteiger partial charge on any atom is 0.0643 e. The molecule has 346 valence electrons. The molecule has 13 aliphatic rings. The lowest BCUT2D eigenvalue weighted by Gasteiger charge is -2.49. The van der Waals surface area contributed by atoms with Crippen molar-refractivity contribution in [2.24, 2.45) is 82.3 Å². The Balaban J connectivity index is 0.884. The number of fused-ring (bicyclic) bond motifs is 15. The summed E-state index contributed by atoms with van der Waals surface area (Å²) in [6.45, 7) is 5.07. The zero-order chi connectivity index (χ0) is 44.4. The quantitative estimate of drug-likeness (QED) is 0.262. The highest BCUT2D eigenvalue weighted by Gasteiger charge is 2.71. The molecule has 1 aromatic rings. The molecule has 0 bridgehead atoms. The Hall–Kier alpha value is -3.60. The Labute approximate surface area is 411 Å². The highest BCUT2D eigenvalue weighted by molar-refractivity contribution is 8.04. The van der Waals surface area contributed by atoms with Crippen molar-refractivity contribution in [3.63, 3.8) is 0 Å². The van der Waals surface area contributed by atoms with Crippen LogP contribution in [0.1, 0.15) is 90.9 Å². The van der Waals surface area contributed by atoms with Crippen LogP contribution in [-0.4, -0.2) is 32.7 Å². The molecule has 0 aromatic heterocycles. The van der Waals surface area contributed by atoms with Crippen LogP contribution < -0.4 is 4.90 Å². The summed E-state index contributed by atoms with van der Waals surface area (Å²) in [4.78, 5) is 7.66. The fourth-order valence-corrected chi connectivity index (χ4v) is 22.0. The van der Waals surface area contributed by atoms with E-state index in [0.29, 0.717) is 69.9 Å². The molecule has 0 radical (unpaired) electrons. The van der Waals surface area contributed by atoms with E-state index in [9.17, 15) is 0 Å². The van der Waals surface area contributed by atoms with Crippen molar-refractivity contribution in [1.29, 1.82) is 0 Å². The van der Waals surface area contributed by atoms with Gasteiger partial charge in [0.2, 0.25) is 0 Å². The van der Waals surface area contributed by atoms with Crippen LogP contribution in [-0.2, 0) is 0 Å². The van der Waals surface area contributed by atoms with E-state index >= 15 is 0 Å². The number of nitrogens with zero attached hydrogens (tertiary/aromatic N) is 2. The van der Waals surface area contributed by atoms with Gasteiger partial charge in [0.15, 0.2) is 0 Å². The van der Waals surface area contributed by atoms with E-state index < -0.39 is 0 Å². The third-order valence-corrected chi connectivity index (χ3v) is 24.1. The van der Waals surface area contributed by atoms with Gasteiger partial charge in [-0.15, -0.1) is 11.8 Å². The second-order valence-corrected chi connectivity index (χ2v) is 26.1. The van der Waals surface area contributed by atoms with Gasteiger partial charge in [-0.05, 0) is 182 Å². The predicted molar refractivity (Wildman–Crippen MR) is 284 cm³/mol. The van der Waals surface area contributed by atoms with E-state index in [1.807, 2.05) is 5.57 Å². The fourth-order valence-electron chi connectivity index (χ4n) is 17.9. The fraction of sp³-hybridized carbons (Fsp3) is 0.524. The first kappa shape index (κ1) is 42.3. The highest BCUT2D eigenvalue weighted by atomic mass is 32.2. The summed E-state index contributed by atoms with van der Waals surface area (Å²) < 4.78 is 0. The average Bonchev–Trinajstić information content (AvgIpc) is 4.11. The molecule has 1 aromatic carbocycles. The SMILES string of the molecule is CC1CC2SC3C(CC=CC3N(C3=CC4C(C=C3)C3C=CC=CC3C43C4C=CC=CC4C4C(N(C5=CCCC=C5)C5CCCC6C7=C(CCCC7)SC65)=CC=CC43)c3ccccc3)C2CC1C. The maximum absolute atomic E-state index is 3.02. The van der Waals surface area contributed by atoms with E-state index in [1.54, 1.807) is 10.6 Å². The van der Waals surface area contributed by atoms with Gasteiger partial charge >= 0.3 is 0 Å². The van der Waals surface area contributed by atoms with Crippen molar-refractivity contribution in [3.8, 4) is 0 Å². The van der Waals surface area contributed by atoms with Gasteiger partial charge in [-0.3, -0.25) is 0 Å². The summed E-state index contributed by atoms with van der Waals surface area (Å²) in [5, 5.41) is 2.08. The highest BCUT2D eigenvalue weighted by Crippen LogP contribution is 2.75. The molecule has 2 heterocycles. The van der Waals surface area contributed by atoms with Crippen LogP contribution in [0.3, 0.4) is 0 Å². The minimum absolute atomic E-state index is 0.0378. The molecule has 2 aliphatic heterocycles. The summed E-state index contributed by atoms with van der Waals surface area (Å²) >= 11 is 4.73. The molecule has 1 saturated heterocycles. The van der Waals surface area contributed by atoms with Crippen LogP contribution >= 0.6 is 23.5 Å². The van der Waals surface area contributed by atoms with Crippen LogP contribution in [0.15, 0.2) is 173 Å². The van der Waals surface area contributed by atoms with Gasteiger partial charge in [0, 0.05) is 50.5 Å². The largest absolute Gasteiger partial charge is 0.341 e. The van der Waals surface area contributed by atoms with Crippen molar-refractivity contribution >= 4 is 29.2 Å². The van der Waals surface area contributed by atoms with Crippen LogP contribution in [0.5, 0.6) is 0 Å². The molecule has 19 unspecified atom stereocenters. The molecule has 1 spiro atoms. The molecule has 5 fully saturated rings. The van der Waals surface area contributed by atoms with Gasteiger partial charge in [-0.25, -0.2) is 0 Å². The monoisotopic (exact) mass is 921 g/mol. The standard InChI is InChI=1S/C63H72N2S2/c1-39-36-50-48-26-16-31-56(62(48)67-59(50)37-40(39)2)64(41-18-5-3-6-19-41)43-34-35-45-44-22-9-12-27-51(44)63(54(45)38-43)52-28-13-10-24-49(52)60-53(63)29-17-30-55(60)65(42-20-7-4-8-21-42)57-32-15-25-47-46-23-11-14-33-58(46)66-61(47)57/h3,5-7,9-10,12-13,16-22,24,27-31,34-35,38-40,44-45,47-54,56-57,59-62H,4,8,11,14-15,23,25-26,32-33,36-37H2,1-2H3. The van der Waals surface area contributed by atoms with Crippen LogP contribution in [0.2, 0.25) is 0 Å². The topological polar surface area (TPSA) is 6.48 Å². The Morgan fingerprint density at radius 1 is 0.642 bits per heavy atom. The Morgan fingerprint density at radius 2 is 1.43 bits per heavy atom. The van der Waals surface area contributed by atoms with Crippen molar-refractivity contribution in [2.45, 2.75) is 119 Å². The molecule has 4 saturated carbocycles. The molecule has 4 heteroatoms. The molecule has 67 heavy (non-hydrogen) atoms. The van der Waals surface area contributed by atoms with E-state index in [4.69, 9.17) is 0 Å². The van der Waals surface area contributed by atoms with Gasteiger partial charge in [-0.1, -0.05) is 141 Å². The summed E-state index contributed by atoms with van der Waals surface area (Å²) in [7, 11) is 0. The lowest BCUT2D eigenvalue weighted by Crippen LogP contribution is -2.49. The molecule has 14 rings (SSSR count). The number of allylic oxidation sites excluding steroid dienone is 21. The lowest BCUT2D eigenvalue weighted by molar-refractivity contribution is 0.0852. The Kier molecular flexibility index (Phi) is 10.6. The van der Waals surface area contributed by atoms with Gasteiger partial charge in [0.25, 0.3) is 0 Å². The summed E-state index contributed by atoms with van der Waals surface area (Å²) in [5.41, 5.74) is 7.84. The van der Waals surface area contributed by atoms with Gasteiger partial charge in [0.1, 0.15) is 0 Å². The maximum atomic E-state index is 3.02. The third-order valence-electron chi connectivity index (χ3n) is 20.6. The second kappa shape index (κ2) is 16.8. The van der Waals surface area contributed by atoms with Crippen LogP contribution in [0, 0.1) is 82.3 Å². The van der Waals surface area contributed by atoms with Crippen molar-refractivity contribution in [1.82, 2.24) is 4.90 Å². The first-order valence-electron chi connectivity index (χ1n) is 27.3. The zero-order valence-corrected chi connectivity index (χ0v) is 41.6. The second-order valence-electron chi connectivity index (χ2n) is 23.4. The van der Waals surface area contributed by atoms with E-state index in [1.165, 1.54) is 81.3 Å². The number of thioether (sulfide) groups is 2. The van der Waals surface area contributed by atoms with E-state index in [0.717, 1.165) is 47.7 Å². The predicted octanol–water partition coefficient (Wildman–Crippen LogP) is 15.4. The summed E-state index contributed by atoms with van der Waals surface area (Å²) in [6.07, 6.45) is 65.4. The molecule has 0 amide bonds. The minimum atomic E-state index is 0.0378. The zero-order valence-electron chi connectivity index (χ0n) is 39.9. The molecule has 0 N–H and O–H groups in total. The number of hydrogen-bond donors (Lipinski definition) is 0. The van der Waals surface area contributed by atoms with E-state index in [-0.39, 0.29) is 5.41 Å². The molecular formula is C63H72N2S2. The summed E-state index contributed by atoms with van der Waals surface area (Å²) in [6, 6.07) is 12.5. The Bertz CT molecular complexity index is 2520. The van der Waals surface area contributed by atoms with Crippen molar-refractivity contribution in [3.05, 3.63) is 173 Å². The number of rotatable bonds is 6. The van der Waals surface area contributed by atoms with Gasteiger partial charge < -0.3 is 9.80 Å². The first-order chi connectivity index (χ1) is 33.1. The van der Waals surface area contributed by atoms with Crippen LogP contribution in [0.4, 0.5) is 5.69 Å². The molecular weight excluding hydrogens is 849 g/mol. The smallest absolute Gasteiger partial charge is 0.0643 e. The first-order valence-corrected chi connectivity index (χ1v) is 29.1. The molecule has 2 nitrogen and oxygen atoms in total. The average molecular weight is 921 g/mol. The number of para-hydroxylation sites is 1. The van der Waals surface area contributed by atoms with Gasteiger partial charge in [-0.2, -0.15) is 11.8 Å².